The van der Waals surface area contributed by atoms with E-state index >= 15 is 0 Å². The van der Waals surface area contributed by atoms with Gasteiger partial charge in [-0.05, 0) is 28.8 Å². The van der Waals surface area contributed by atoms with Crippen LogP contribution in [0.2, 0.25) is 0 Å². The quantitative estimate of drug-likeness (QED) is 0.800. The van der Waals surface area contributed by atoms with Crippen LogP contribution in [-0.2, 0) is 11.2 Å². The highest BCUT2D eigenvalue weighted by molar-refractivity contribution is 9.10. The fourth-order valence-electron chi connectivity index (χ4n) is 1.98. The number of rotatable bonds is 4. The van der Waals surface area contributed by atoms with E-state index < -0.39 is 0 Å². The lowest BCUT2D eigenvalue weighted by atomic mass is 10.2. The van der Waals surface area contributed by atoms with Crippen LogP contribution in [0, 0.1) is 0 Å². The minimum Gasteiger partial charge on any atom is -0.379 e. The van der Waals surface area contributed by atoms with E-state index in [0.29, 0.717) is 6.04 Å². The highest BCUT2D eigenvalue weighted by atomic mass is 79.9. The molecule has 2 heterocycles. The number of hydrogen-bond donors (Lipinski definition) is 0. The molecule has 5 heteroatoms. The Kier molecular flexibility index (Phi) is 4.34. The lowest BCUT2D eigenvalue weighted by Gasteiger charge is -2.24. The summed E-state index contributed by atoms with van der Waals surface area (Å²) in [6, 6.07) is 2.41. The first-order chi connectivity index (χ1) is 8.20. The second-order valence-corrected chi connectivity index (χ2v) is 5.16. The van der Waals surface area contributed by atoms with Crippen molar-refractivity contribution in [2.24, 2.45) is 0 Å². The van der Waals surface area contributed by atoms with Gasteiger partial charge in [-0.15, -0.1) is 0 Å². The number of likely N-dealkylation sites (N-methyl/N-ethyl adjacent to an activating group) is 1. The van der Waals surface area contributed by atoms with Crippen molar-refractivity contribution in [1.29, 1.82) is 0 Å². The van der Waals surface area contributed by atoms with Crippen molar-refractivity contribution in [2.75, 3.05) is 25.2 Å². The third-order valence-electron chi connectivity index (χ3n) is 3.02. The van der Waals surface area contributed by atoms with Crippen molar-refractivity contribution < 1.29 is 4.74 Å². The molecule has 0 aliphatic carbocycles. The first-order valence-corrected chi connectivity index (χ1v) is 6.84. The van der Waals surface area contributed by atoms with Gasteiger partial charge in [0, 0.05) is 26.1 Å². The molecule has 1 aliphatic heterocycles. The van der Waals surface area contributed by atoms with Crippen LogP contribution in [0.25, 0.3) is 0 Å². The van der Waals surface area contributed by atoms with Gasteiger partial charge in [-0.1, -0.05) is 6.92 Å². The van der Waals surface area contributed by atoms with Gasteiger partial charge in [0.15, 0.2) is 0 Å². The minimum atomic E-state index is 0.436. The zero-order valence-electron chi connectivity index (χ0n) is 10.3. The number of halogens is 1. The predicted molar refractivity (Wildman–Crippen MR) is 71.4 cm³/mol. The summed E-state index contributed by atoms with van der Waals surface area (Å²) in [5, 5.41) is 0. The number of anilines is 1. The maximum atomic E-state index is 5.41. The molecule has 0 radical (unpaired) electrons. The molecule has 1 aromatic heterocycles. The Morgan fingerprint density at radius 2 is 2.35 bits per heavy atom. The number of ether oxygens (including phenoxy) is 1. The Labute approximate surface area is 111 Å². The zero-order valence-corrected chi connectivity index (χ0v) is 11.9. The first-order valence-electron chi connectivity index (χ1n) is 6.04. The van der Waals surface area contributed by atoms with E-state index in [4.69, 9.17) is 4.74 Å². The Balaban J connectivity index is 2.18. The lowest BCUT2D eigenvalue weighted by Crippen LogP contribution is -2.32. The Hall–Kier alpha value is -0.680. The molecule has 2 rings (SSSR count). The number of aromatic nitrogens is 2. The van der Waals surface area contributed by atoms with E-state index in [1.807, 2.05) is 6.07 Å². The number of nitrogens with zero attached hydrogens (tertiary/aromatic N) is 3. The van der Waals surface area contributed by atoms with Crippen molar-refractivity contribution >= 4 is 21.7 Å². The summed E-state index contributed by atoms with van der Waals surface area (Å²) in [6.45, 7) is 3.78. The van der Waals surface area contributed by atoms with Crippen LogP contribution in [0.3, 0.4) is 0 Å². The van der Waals surface area contributed by atoms with E-state index in [0.717, 1.165) is 48.7 Å². The minimum absolute atomic E-state index is 0.436. The Bertz CT molecular complexity index is 380. The molecule has 0 bridgehead atoms. The largest absolute Gasteiger partial charge is 0.379 e. The Morgan fingerprint density at radius 1 is 1.53 bits per heavy atom. The van der Waals surface area contributed by atoms with Crippen LogP contribution < -0.4 is 4.90 Å². The summed E-state index contributed by atoms with van der Waals surface area (Å²) in [5.41, 5.74) is 0. The smallest absolute Gasteiger partial charge is 0.133 e. The van der Waals surface area contributed by atoms with Crippen LogP contribution in [0.5, 0.6) is 0 Å². The molecule has 94 valence electrons. The van der Waals surface area contributed by atoms with Gasteiger partial charge in [-0.2, -0.15) is 0 Å². The van der Waals surface area contributed by atoms with E-state index in [-0.39, 0.29) is 0 Å². The summed E-state index contributed by atoms with van der Waals surface area (Å²) in [7, 11) is 2.07. The van der Waals surface area contributed by atoms with Gasteiger partial charge in [0.2, 0.25) is 0 Å². The van der Waals surface area contributed by atoms with Crippen LogP contribution in [0.1, 0.15) is 25.6 Å². The highest BCUT2D eigenvalue weighted by Crippen LogP contribution is 2.21. The van der Waals surface area contributed by atoms with Crippen molar-refractivity contribution in [3.05, 3.63) is 16.5 Å². The summed E-state index contributed by atoms with van der Waals surface area (Å²) in [4.78, 5) is 11.2. The molecular formula is C12H18BrN3O. The van der Waals surface area contributed by atoms with Gasteiger partial charge < -0.3 is 9.64 Å². The standard InChI is InChI=1S/C12H18BrN3O/c1-3-4-11-14-10(13)7-12(15-11)16(2)9-5-6-17-8-9/h7,9H,3-6,8H2,1-2H3. The molecule has 1 saturated heterocycles. The molecule has 1 aliphatic rings. The van der Waals surface area contributed by atoms with Crippen LogP contribution in [0.4, 0.5) is 5.82 Å². The topological polar surface area (TPSA) is 38.2 Å². The maximum absolute atomic E-state index is 5.41. The Morgan fingerprint density at radius 3 is 3.00 bits per heavy atom. The van der Waals surface area contributed by atoms with Gasteiger partial charge in [0.1, 0.15) is 16.2 Å². The molecule has 1 aromatic rings. The van der Waals surface area contributed by atoms with Crippen LogP contribution >= 0.6 is 15.9 Å². The molecule has 0 saturated carbocycles. The summed E-state index contributed by atoms with van der Waals surface area (Å²) in [5.74, 6) is 1.88. The van der Waals surface area contributed by atoms with Gasteiger partial charge in [0.25, 0.3) is 0 Å². The van der Waals surface area contributed by atoms with E-state index in [1.54, 1.807) is 0 Å². The molecule has 0 aromatic carbocycles. The van der Waals surface area contributed by atoms with Gasteiger partial charge in [-0.25, -0.2) is 9.97 Å². The normalized spacial score (nSPS) is 19.6. The molecule has 0 amide bonds. The van der Waals surface area contributed by atoms with Crippen LogP contribution in [0.15, 0.2) is 10.7 Å². The predicted octanol–water partition coefficient (Wildman–Crippen LogP) is 2.42. The highest BCUT2D eigenvalue weighted by Gasteiger charge is 2.21. The zero-order chi connectivity index (χ0) is 12.3. The SMILES string of the molecule is CCCc1nc(Br)cc(N(C)C2CCOC2)n1. The number of aryl methyl sites for hydroxylation is 1. The fraction of sp³-hybridized carbons (Fsp3) is 0.667. The molecule has 0 N–H and O–H groups in total. The average molecular weight is 300 g/mol. The summed E-state index contributed by atoms with van der Waals surface area (Å²) in [6.07, 6.45) is 3.05. The second-order valence-electron chi connectivity index (χ2n) is 4.34. The second kappa shape index (κ2) is 5.78. The van der Waals surface area contributed by atoms with Gasteiger partial charge in [0.05, 0.1) is 12.6 Å². The molecular weight excluding hydrogens is 282 g/mol. The van der Waals surface area contributed by atoms with Gasteiger partial charge >= 0.3 is 0 Å². The van der Waals surface area contributed by atoms with Gasteiger partial charge in [-0.3, -0.25) is 0 Å². The molecule has 17 heavy (non-hydrogen) atoms. The molecule has 1 fully saturated rings. The van der Waals surface area contributed by atoms with Crippen LogP contribution in [-0.4, -0.2) is 36.3 Å². The fourth-order valence-corrected chi connectivity index (χ4v) is 2.39. The average Bonchev–Trinajstić information content (AvgIpc) is 2.81. The van der Waals surface area contributed by atoms with E-state index in [2.05, 4.69) is 44.8 Å². The third-order valence-corrected chi connectivity index (χ3v) is 3.42. The van der Waals surface area contributed by atoms with Crippen molar-refractivity contribution in [3.63, 3.8) is 0 Å². The molecule has 1 atom stereocenters. The molecule has 1 unspecified atom stereocenters. The lowest BCUT2D eigenvalue weighted by molar-refractivity contribution is 0.193. The van der Waals surface area contributed by atoms with Crippen molar-refractivity contribution in [2.45, 2.75) is 32.2 Å². The monoisotopic (exact) mass is 299 g/mol. The first kappa shape index (κ1) is 12.8. The molecule has 4 nitrogen and oxygen atoms in total. The van der Waals surface area contributed by atoms with Crippen molar-refractivity contribution in [1.82, 2.24) is 9.97 Å². The van der Waals surface area contributed by atoms with Crippen molar-refractivity contribution in [3.8, 4) is 0 Å². The summed E-state index contributed by atoms with van der Waals surface area (Å²) < 4.78 is 6.27. The van der Waals surface area contributed by atoms with E-state index in [1.165, 1.54) is 0 Å². The molecule has 0 spiro atoms. The number of hydrogen-bond acceptors (Lipinski definition) is 4. The summed E-state index contributed by atoms with van der Waals surface area (Å²) >= 11 is 3.45. The van der Waals surface area contributed by atoms with E-state index in [9.17, 15) is 0 Å². The maximum Gasteiger partial charge on any atom is 0.133 e. The third kappa shape index (κ3) is 3.16.